The second kappa shape index (κ2) is 6.53. The molecule has 2 rings (SSSR count). The number of aryl methyl sites for hydroxylation is 1. The third kappa shape index (κ3) is 3.80. The Balaban J connectivity index is 2.01. The summed E-state index contributed by atoms with van der Waals surface area (Å²) in [6, 6.07) is 6.24. The van der Waals surface area contributed by atoms with Gasteiger partial charge in [-0.3, -0.25) is 4.79 Å². The van der Waals surface area contributed by atoms with E-state index in [0.717, 1.165) is 30.2 Å². The van der Waals surface area contributed by atoms with Crippen LogP contribution < -0.4 is 5.32 Å². The average Bonchev–Trinajstić information content (AvgIpc) is 2.38. The van der Waals surface area contributed by atoms with Crippen LogP contribution in [0.3, 0.4) is 0 Å². The van der Waals surface area contributed by atoms with Crippen LogP contribution in [-0.2, 0) is 17.6 Å². The number of rotatable bonds is 5. The summed E-state index contributed by atoms with van der Waals surface area (Å²) >= 11 is 3.49. The van der Waals surface area contributed by atoms with Crippen molar-refractivity contribution in [3.63, 3.8) is 0 Å². The van der Waals surface area contributed by atoms with Crippen molar-refractivity contribution in [2.45, 2.75) is 51.1 Å². The van der Waals surface area contributed by atoms with E-state index in [1.807, 2.05) is 6.92 Å². The van der Waals surface area contributed by atoms with Crippen molar-refractivity contribution in [2.24, 2.45) is 0 Å². The number of carboxylic acids is 1. The van der Waals surface area contributed by atoms with Crippen LogP contribution in [0.15, 0.2) is 22.7 Å². The molecule has 1 aliphatic carbocycles. The van der Waals surface area contributed by atoms with Crippen LogP contribution in [0.25, 0.3) is 0 Å². The van der Waals surface area contributed by atoms with Crippen LogP contribution in [0.1, 0.15) is 37.3 Å². The van der Waals surface area contributed by atoms with Gasteiger partial charge in [0.25, 0.3) is 0 Å². The Hall–Kier alpha value is -0.870. The molecule has 2 atom stereocenters. The summed E-state index contributed by atoms with van der Waals surface area (Å²) < 4.78 is 1.12. The zero-order valence-electron chi connectivity index (χ0n) is 11.2. The lowest BCUT2D eigenvalue weighted by Gasteiger charge is -2.28. The van der Waals surface area contributed by atoms with E-state index >= 15 is 0 Å². The van der Waals surface area contributed by atoms with Gasteiger partial charge in [-0.05, 0) is 48.9 Å². The number of carboxylic acid groups (broad SMARTS) is 1. The van der Waals surface area contributed by atoms with Crippen molar-refractivity contribution in [3.05, 3.63) is 33.8 Å². The molecule has 0 heterocycles. The molecule has 1 unspecified atom stereocenters. The van der Waals surface area contributed by atoms with Gasteiger partial charge in [0.1, 0.15) is 6.04 Å². The summed E-state index contributed by atoms with van der Waals surface area (Å²) in [6.07, 6.45) is 4.54. The molecule has 1 aromatic rings. The highest BCUT2D eigenvalue weighted by molar-refractivity contribution is 9.10. The first-order valence-corrected chi connectivity index (χ1v) is 7.65. The Bertz CT molecular complexity index is 461. The van der Waals surface area contributed by atoms with Gasteiger partial charge >= 0.3 is 5.97 Å². The molecular formula is C15H20BrNO2. The highest BCUT2D eigenvalue weighted by Crippen LogP contribution is 2.25. The van der Waals surface area contributed by atoms with Gasteiger partial charge in [0.2, 0.25) is 0 Å². The molecule has 1 aromatic carbocycles. The number of nitrogens with one attached hydrogen (secondary N) is 1. The quantitative estimate of drug-likeness (QED) is 0.874. The summed E-state index contributed by atoms with van der Waals surface area (Å²) in [4.78, 5) is 11.2. The molecule has 0 spiro atoms. The van der Waals surface area contributed by atoms with Gasteiger partial charge in [-0.25, -0.2) is 0 Å². The second-order valence-electron chi connectivity index (χ2n) is 5.20. The van der Waals surface area contributed by atoms with Crippen molar-refractivity contribution < 1.29 is 9.90 Å². The largest absolute Gasteiger partial charge is 0.480 e. The van der Waals surface area contributed by atoms with Crippen molar-refractivity contribution in [1.29, 1.82) is 0 Å². The highest BCUT2D eigenvalue weighted by atomic mass is 79.9. The molecule has 0 amide bonds. The number of carbonyl (C=O) groups is 1. The molecule has 0 fully saturated rings. The summed E-state index contributed by atoms with van der Waals surface area (Å²) in [5, 5.41) is 12.5. The molecule has 0 aromatic heterocycles. The van der Waals surface area contributed by atoms with Gasteiger partial charge < -0.3 is 10.4 Å². The van der Waals surface area contributed by atoms with Gasteiger partial charge in [-0.2, -0.15) is 0 Å². The molecular weight excluding hydrogens is 306 g/mol. The van der Waals surface area contributed by atoms with E-state index in [-0.39, 0.29) is 6.04 Å². The molecule has 4 heteroatoms. The van der Waals surface area contributed by atoms with Gasteiger partial charge in [0.05, 0.1) is 0 Å². The third-order valence-electron chi connectivity index (χ3n) is 3.71. The monoisotopic (exact) mass is 325 g/mol. The summed E-state index contributed by atoms with van der Waals surface area (Å²) in [7, 11) is 0. The fraction of sp³-hybridized carbons (Fsp3) is 0.533. The number of benzene rings is 1. The molecule has 0 saturated carbocycles. The predicted octanol–water partition coefficient (Wildman–Crippen LogP) is 3.15. The minimum absolute atomic E-state index is 0.279. The first kappa shape index (κ1) is 14.5. The molecule has 0 saturated heterocycles. The molecule has 3 nitrogen and oxygen atoms in total. The zero-order valence-corrected chi connectivity index (χ0v) is 12.7. The summed E-state index contributed by atoms with van der Waals surface area (Å²) in [5.41, 5.74) is 2.72. The third-order valence-corrected chi connectivity index (χ3v) is 4.20. The number of aliphatic carboxylic acids is 1. The maximum absolute atomic E-state index is 11.2. The minimum atomic E-state index is -0.733. The normalized spacial score (nSPS) is 19.8. The second-order valence-corrected chi connectivity index (χ2v) is 6.11. The lowest BCUT2D eigenvalue weighted by Crippen LogP contribution is -2.45. The van der Waals surface area contributed by atoms with E-state index in [1.165, 1.54) is 11.1 Å². The fourth-order valence-electron chi connectivity index (χ4n) is 2.72. The number of hydrogen-bond acceptors (Lipinski definition) is 2. The molecule has 1 aliphatic rings. The van der Waals surface area contributed by atoms with E-state index in [2.05, 4.69) is 39.4 Å². The van der Waals surface area contributed by atoms with E-state index in [1.54, 1.807) is 0 Å². The number of halogens is 1. The van der Waals surface area contributed by atoms with E-state index in [0.29, 0.717) is 6.42 Å². The Morgan fingerprint density at radius 1 is 1.53 bits per heavy atom. The van der Waals surface area contributed by atoms with Crippen LogP contribution in [-0.4, -0.2) is 23.2 Å². The summed E-state index contributed by atoms with van der Waals surface area (Å²) in [5.74, 6) is -0.733. The van der Waals surface area contributed by atoms with Crippen molar-refractivity contribution in [2.75, 3.05) is 0 Å². The van der Waals surface area contributed by atoms with Crippen molar-refractivity contribution in [3.8, 4) is 0 Å². The minimum Gasteiger partial charge on any atom is -0.480 e. The van der Waals surface area contributed by atoms with Gasteiger partial charge in [-0.15, -0.1) is 0 Å². The van der Waals surface area contributed by atoms with Crippen LogP contribution in [0.2, 0.25) is 0 Å². The standard InChI is InChI=1S/C15H20BrNO2/c1-2-3-14(15(18)19)17-13-7-5-10-8-12(16)6-4-11(10)9-13/h4,6,8,13-14,17H,2-3,5,7,9H2,1H3,(H,18,19)/t13-,14?/m0/s1. The molecule has 104 valence electrons. The van der Waals surface area contributed by atoms with Gasteiger partial charge in [0, 0.05) is 10.5 Å². The van der Waals surface area contributed by atoms with Crippen LogP contribution in [0, 0.1) is 0 Å². The molecule has 0 aliphatic heterocycles. The topological polar surface area (TPSA) is 49.3 Å². The zero-order chi connectivity index (χ0) is 13.8. The van der Waals surface area contributed by atoms with Crippen LogP contribution in [0.4, 0.5) is 0 Å². The average molecular weight is 326 g/mol. The first-order chi connectivity index (χ1) is 9.10. The number of fused-ring (bicyclic) bond motifs is 1. The lowest BCUT2D eigenvalue weighted by atomic mass is 9.88. The smallest absolute Gasteiger partial charge is 0.320 e. The van der Waals surface area contributed by atoms with E-state index < -0.39 is 12.0 Å². The maximum Gasteiger partial charge on any atom is 0.320 e. The Morgan fingerprint density at radius 3 is 3.00 bits per heavy atom. The summed E-state index contributed by atoms with van der Waals surface area (Å²) in [6.45, 7) is 2.02. The SMILES string of the molecule is CCCC(N[C@H]1CCc2cc(Br)ccc2C1)C(=O)O. The predicted molar refractivity (Wildman–Crippen MR) is 79.4 cm³/mol. The highest BCUT2D eigenvalue weighted by Gasteiger charge is 2.24. The molecule has 0 bridgehead atoms. The van der Waals surface area contributed by atoms with Gasteiger partial charge in [0.15, 0.2) is 0 Å². The van der Waals surface area contributed by atoms with Crippen molar-refractivity contribution >= 4 is 21.9 Å². The molecule has 2 N–H and O–H groups in total. The van der Waals surface area contributed by atoms with E-state index in [4.69, 9.17) is 0 Å². The fourth-order valence-corrected chi connectivity index (χ4v) is 3.13. The van der Waals surface area contributed by atoms with Gasteiger partial charge in [-0.1, -0.05) is 35.3 Å². The Labute approximate surface area is 122 Å². The van der Waals surface area contributed by atoms with Crippen LogP contribution >= 0.6 is 15.9 Å². The first-order valence-electron chi connectivity index (χ1n) is 6.86. The van der Waals surface area contributed by atoms with E-state index in [9.17, 15) is 9.90 Å². The Morgan fingerprint density at radius 2 is 2.32 bits per heavy atom. The Kier molecular flexibility index (Phi) is 4.99. The van der Waals surface area contributed by atoms with Crippen molar-refractivity contribution in [1.82, 2.24) is 5.32 Å². The molecule has 0 radical (unpaired) electrons. The van der Waals surface area contributed by atoms with Crippen LogP contribution in [0.5, 0.6) is 0 Å². The number of hydrogen-bond donors (Lipinski definition) is 2. The molecule has 19 heavy (non-hydrogen) atoms. The lowest BCUT2D eigenvalue weighted by molar-refractivity contribution is -0.139. The maximum atomic E-state index is 11.2.